The SMILES string of the molecule is [2H]c1cc(-c2cc(C(C)(C)C)cc(-c3cc(C(C)(C)C)cc(C(C)(C)C)c3)c2-n2[c](=[Pt])n3c4[c-]c(Oc5[c-]c6c(cc5)c5ccccc5n6-c5cc(C(C)(C)C)ccn5)ccc4n(-c4c(-c5ccccc5)cccc4-c4ccccc4)c4ccccc4c4cccc2c43)c([2H])c([2H])c1[2H]. The first-order valence-electron chi connectivity index (χ1n) is 34.7. The van der Waals surface area contributed by atoms with E-state index in [1.807, 2.05) is 18.3 Å². The summed E-state index contributed by atoms with van der Waals surface area (Å²) in [6.45, 7) is 26.9. The van der Waals surface area contributed by atoms with E-state index in [1.165, 1.54) is 16.7 Å². The number of pyridine rings is 1. The van der Waals surface area contributed by atoms with Gasteiger partial charge in [-0.1, -0.05) is 32.9 Å². The zero-order chi connectivity index (χ0) is 69.4. The number of nitrogens with zero attached hydrogens (tertiary/aromatic N) is 5. The quantitative estimate of drug-likeness (QED) is 0.135. The summed E-state index contributed by atoms with van der Waals surface area (Å²) in [5, 5.41) is 4.06. The van der Waals surface area contributed by atoms with Crippen LogP contribution in [0.25, 0.3) is 122 Å². The van der Waals surface area contributed by atoms with E-state index in [0.717, 1.165) is 115 Å². The molecular weight excluding hydrogens is 1340 g/mol. The van der Waals surface area contributed by atoms with Gasteiger partial charge in [-0.15, -0.1) is 0 Å². The molecule has 15 rings (SSSR count). The number of benzene rings is 11. The van der Waals surface area contributed by atoms with Crippen molar-refractivity contribution in [2.45, 2.75) is 105 Å². The van der Waals surface area contributed by atoms with E-state index in [1.54, 1.807) is 6.07 Å². The molecular formula is C88H77N5OPt-2. The Bertz CT molecular complexity index is 5800. The molecule has 0 spiro atoms. The third kappa shape index (κ3) is 10.9. The summed E-state index contributed by atoms with van der Waals surface area (Å²) in [6, 6.07) is 84.3. The second-order valence-electron chi connectivity index (χ2n) is 29.2. The van der Waals surface area contributed by atoms with Crippen LogP contribution in [0.1, 0.15) is 111 Å². The van der Waals surface area contributed by atoms with Gasteiger partial charge in [0.1, 0.15) is 0 Å². The van der Waals surface area contributed by atoms with Crippen molar-refractivity contribution in [3.63, 3.8) is 0 Å². The second-order valence-corrected chi connectivity index (χ2v) is 30.2. The molecule has 0 bridgehead atoms. The Balaban J connectivity index is 1.13. The Morgan fingerprint density at radius 3 is 1.53 bits per heavy atom. The molecule has 4 aromatic heterocycles. The fourth-order valence-corrected chi connectivity index (χ4v) is 14.6. The van der Waals surface area contributed by atoms with E-state index < -0.39 is 5.41 Å². The predicted octanol–water partition coefficient (Wildman–Crippen LogP) is 23.4. The van der Waals surface area contributed by atoms with Crippen molar-refractivity contribution in [3.05, 3.63) is 287 Å². The molecule has 0 saturated heterocycles. The number of aromatic nitrogens is 5. The fraction of sp³-hybridized carbons (Fsp3) is 0.182. The van der Waals surface area contributed by atoms with Gasteiger partial charge in [-0.3, -0.25) is 0 Å². The Morgan fingerprint density at radius 1 is 0.379 bits per heavy atom. The second kappa shape index (κ2) is 23.2. The van der Waals surface area contributed by atoms with E-state index in [-0.39, 0.29) is 40.4 Å². The van der Waals surface area contributed by atoms with Crippen LogP contribution < -0.4 is 4.74 Å². The summed E-state index contributed by atoms with van der Waals surface area (Å²) in [5.74, 6) is 1.75. The molecule has 0 atom stereocenters. The van der Waals surface area contributed by atoms with Gasteiger partial charge in [0, 0.05) is 6.20 Å². The number of hydrogen-bond acceptors (Lipinski definition) is 2. The Hall–Kier alpha value is -9.87. The van der Waals surface area contributed by atoms with E-state index in [2.05, 4.69) is 333 Å². The zero-order valence-electron chi connectivity index (χ0n) is 59.8. The van der Waals surface area contributed by atoms with E-state index in [0.29, 0.717) is 28.1 Å². The Kier molecular flexibility index (Phi) is 13.9. The molecule has 0 fully saturated rings. The third-order valence-electron chi connectivity index (χ3n) is 18.7. The van der Waals surface area contributed by atoms with Crippen LogP contribution in [0, 0.1) is 15.9 Å². The van der Waals surface area contributed by atoms with Crippen LogP contribution >= 0.6 is 0 Å². The van der Waals surface area contributed by atoms with Crippen molar-refractivity contribution in [1.82, 2.24) is 23.1 Å². The summed E-state index contributed by atoms with van der Waals surface area (Å²) in [7, 11) is 0. The van der Waals surface area contributed by atoms with Gasteiger partial charge in [-0.25, -0.2) is 0 Å². The van der Waals surface area contributed by atoms with Crippen LogP contribution in [0.5, 0.6) is 11.5 Å². The Morgan fingerprint density at radius 2 is 0.895 bits per heavy atom. The van der Waals surface area contributed by atoms with Gasteiger partial charge in [-0.2, -0.15) is 0 Å². The third-order valence-corrected chi connectivity index (χ3v) is 19.7. The maximum absolute atomic E-state index is 9.90. The summed E-state index contributed by atoms with van der Waals surface area (Å²) >= 11 is 2.51. The van der Waals surface area contributed by atoms with Crippen LogP contribution in [0.3, 0.4) is 0 Å². The number of rotatable bonds is 9. The molecule has 0 N–H and O–H groups in total. The first kappa shape index (κ1) is 56.7. The molecule has 0 unspecified atom stereocenters. The summed E-state index contributed by atoms with van der Waals surface area (Å²) in [5.41, 5.74) is 18.5. The van der Waals surface area contributed by atoms with E-state index in [9.17, 15) is 4.11 Å². The van der Waals surface area contributed by atoms with Crippen molar-refractivity contribution in [2.24, 2.45) is 0 Å². The molecule has 472 valence electrons. The number of imidazole rings is 1. The normalized spacial score (nSPS) is 13.1. The monoisotopic (exact) mass is 1420 g/mol. The van der Waals surface area contributed by atoms with Crippen molar-refractivity contribution in [3.8, 4) is 73.2 Å². The summed E-state index contributed by atoms with van der Waals surface area (Å²) < 4.78 is 54.8. The van der Waals surface area contributed by atoms with Crippen molar-refractivity contribution in [2.75, 3.05) is 0 Å². The summed E-state index contributed by atoms with van der Waals surface area (Å²) in [6.07, 6.45) is 1.90. The van der Waals surface area contributed by atoms with Gasteiger partial charge < -0.3 is 0 Å². The molecule has 11 aromatic carbocycles. The molecule has 15 aromatic rings. The van der Waals surface area contributed by atoms with Crippen LogP contribution in [0.15, 0.2) is 249 Å². The van der Waals surface area contributed by atoms with Gasteiger partial charge in [0.25, 0.3) is 0 Å². The molecule has 0 saturated carbocycles. The Labute approximate surface area is 574 Å². The molecule has 95 heavy (non-hydrogen) atoms. The van der Waals surface area contributed by atoms with Gasteiger partial charge in [0.2, 0.25) is 0 Å². The molecule has 6 nitrogen and oxygen atoms in total. The van der Waals surface area contributed by atoms with E-state index >= 15 is 0 Å². The van der Waals surface area contributed by atoms with Gasteiger partial charge >= 0.3 is 522 Å². The number of para-hydroxylation sites is 4. The number of hydrogen-bond donors (Lipinski definition) is 0. The predicted molar refractivity (Wildman–Crippen MR) is 393 cm³/mol. The molecule has 7 heteroatoms. The maximum atomic E-state index is 9.90. The molecule has 0 aliphatic heterocycles. The number of ether oxygens (including phenoxy) is 1. The zero-order valence-corrected chi connectivity index (χ0v) is 58.1. The van der Waals surface area contributed by atoms with Crippen LogP contribution in [-0.4, -0.2) is 23.1 Å². The van der Waals surface area contributed by atoms with Gasteiger partial charge in [0.15, 0.2) is 0 Å². The molecule has 4 heterocycles. The van der Waals surface area contributed by atoms with Crippen LogP contribution in [0.2, 0.25) is 0 Å². The van der Waals surface area contributed by atoms with Crippen molar-refractivity contribution >= 4 is 60.2 Å². The fourth-order valence-electron chi connectivity index (χ4n) is 13.6. The van der Waals surface area contributed by atoms with Crippen molar-refractivity contribution < 1.29 is 29.6 Å². The average Bonchev–Trinajstić information content (AvgIpc) is 1.61. The van der Waals surface area contributed by atoms with E-state index in [4.69, 9.17) is 11.1 Å². The molecule has 0 amide bonds. The topological polar surface area (TPSA) is 41.3 Å². The van der Waals surface area contributed by atoms with Crippen LogP contribution in [0.4, 0.5) is 0 Å². The van der Waals surface area contributed by atoms with Crippen molar-refractivity contribution in [1.29, 1.82) is 0 Å². The van der Waals surface area contributed by atoms with Gasteiger partial charge in [-0.05, 0) is 17.0 Å². The van der Waals surface area contributed by atoms with Gasteiger partial charge in [0.05, 0.1) is 0 Å². The standard InChI is InChI=1S/C88H77N5O.Pt/c1-85(2,3)61-46-47-89-81(53-61)92-75-39-24-22-34-69(75)71-44-42-65(54-79(71)92)94-66-43-45-77-80(55-66)91-56-90(82-73(59-32-20-15-21-33-59)51-64(88(10,11)12)52-74(82)60-48-62(86(4,5)6)50-63(49-60)87(7,8)9)78-41-27-38-72(84(78)91)70-35-23-25-40-76(70)93(77)83-67(57-28-16-13-17-29-57)36-26-37-68(83)58-30-18-14-19-31-58;/h13-53H,1-12H3;/q-2;/i15D,20D,21D,32D;. The average molecular weight is 1420 g/mol. The van der Waals surface area contributed by atoms with Crippen LogP contribution in [-0.2, 0) is 41.0 Å². The molecule has 0 aliphatic rings. The number of fused-ring (bicyclic) bond motifs is 7. The first-order chi connectivity index (χ1) is 47.2. The molecule has 0 aliphatic carbocycles. The minimum atomic E-state index is -0.404. The summed E-state index contributed by atoms with van der Waals surface area (Å²) in [4.78, 5) is 5.00. The minimum absolute atomic E-state index is 0.115. The molecule has 0 radical (unpaired) electrons. The first-order valence-corrected chi connectivity index (χ1v) is 33.8.